The summed E-state index contributed by atoms with van der Waals surface area (Å²) >= 11 is 0. The van der Waals surface area contributed by atoms with E-state index in [1.165, 1.54) is 20.8 Å². The molecule has 0 aromatic heterocycles. The Labute approximate surface area is 624 Å². The van der Waals surface area contributed by atoms with Gasteiger partial charge < -0.3 is 104 Å². The molecule has 3 aliphatic rings. The monoisotopic (exact) mass is 1490 g/mol. The molecule has 29 nitrogen and oxygen atoms in total. The SMILES string of the molecule is CC[C@H]1O[C@@H](OCCOCCOCC(=O)NCCCC[C@H](NC(=O)COCCOCCO[C@@H]2O[C@H](CC)[C@H](C)[C@H](C)[C@H]2NC(C)=O)C(=O)N[C@H](CCCCNC(=O)COCCOCCO[C@@H]2O[C@H](CC)[C@H](C)[C@H](C)[C@H]2NC(C)=O)C(=O)NCCCCCCOCc2ccccc2)[C@H](NC(C)=O)[C@@H](C)[C@H]1C. The Morgan fingerprint density at radius 1 is 0.371 bits per heavy atom. The van der Waals surface area contributed by atoms with Gasteiger partial charge in [-0.25, -0.2) is 0 Å². The van der Waals surface area contributed by atoms with Gasteiger partial charge in [-0.1, -0.05) is 105 Å². The van der Waals surface area contributed by atoms with Crippen molar-refractivity contribution in [3.63, 3.8) is 0 Å². The van der Waals surface area contributed by atoms with E-state index in [9.17, 15) is 38.4 Å². The Morgan fingerprint density at radius 2 is 0.724 bits per heavy atom. The highest BCUT2D eigenvalue weighted by Crippen LogP contribution is 2.35. The van der Waals surface area contributed by atoms with Crippen LogP contribution in [0.5, 0.6) is 0 Å². The maximum Gasteiger partial charge on any atom is 0.246 e. The fourth-order valence-corrected chi connectivity index (χ4v) is 13.2. The molecular formula is C76H132N8O21. The van der Waals surface area contributed by atoms with Gasteiger partial charge in [0.1, 0.15) is 31.9 Å². The predicted molar refractivity (Wildman–Crippen MR) is 393 cm³/mol. The lowest BCUT2D eigenvalue weighted by atomic mass is 9.81. The second-order valence-corrected chi connectivity index (χ2v) is 27.9. The van der Waals surface area contributed by atoms with Crippen molar-refractivity contribution in [2.24, 2.45) is 35.5 Å². The van der Waals surface area contributed by atoms with Crippen LogP contribution in [0.4, 0.5) is 0 Å². The molecule has 3 heterocycles. The first-order valence-corrected chi connectivity index (χ1v) is 38.7. The summed E-state index contributed by atoms with van der Waals surface area (Å²) in [5.74, 6) is -1.58. The average molecular weight is 1490 g/mol. The van der Waals surface area contributed by atoms with Gasteiger partial charge in [-0.3, -0.25) is 38.4 Å². The van der Waals surface area contributed by atoms with Gasteiger partial charge >= 0.3 is 0 Å². The summed E-state index contributed by atoms with van der Waals surface area (Å²) in [6.07, 6.45) is 6.03. The van der Waals surface area contributed by atoms with Crippen molar-refractivity contribution in [1.82, 2.24) is 42.5 Å². The maximum absolute atomic E-state index is 14.4. The molecule has 0 spiro atoms. The van der Waals surface area contributed by atoms with Gasteiger partial charge in [0, 0.05) is 47.0 Å². The second-order valence-electron chi connectivity index (χ2n) is 27.9. The van der Waals surface area contributed by atoms with Gasteiger partial charge in [0.15, 0.2) is 18.9 Å². The molecule has 1 aromatic rings. The van der Waals surface area contributed by atoms with Crippen LogP contribution in [-0.2, 0) is 107 Å². The van der Waals surface area contributed by atoms with Crippen molar-refractivity contribution in [2.45, 2.75) is 241 Å². The van der Waals surface area contributed by atoms with Crippen LogP contribution in [-0.4, -0.2) is 240 Å². The van der Waals surface area contributed by atoms with Crippen LogP contribution in [0.3, 0.4) is 0 Å². The van der Waals surface area contributed by atoms with E-state index in [4.69, 9.17) is 61.6 Å². The highest BCUT2D eigenvalue weighted by atomic mass is 16.7. The third kappa shape index (κ3) is 36.9. The molecule has 3 fully saturated rings. The molecule has 8 N–H and O–H groups in total. The minimum absolute atomic E-state index is 0.00514. The van der Waals surface area contributed by atoms with Gasteiger partial charge in [0.2, 0.25) is 47.3 Å². The number of carbonyl (C=O) groups is 8. The van der Waals surface area contributed by atoms with Crippen molar-refractivity contribution < 1.29 is 99.9 Å². The van der Waals surface area contributed by atoms with Crippen LogP contribution in [0.15, 0.2) is 30.3 Å². The van der Waals surface area contributed by atoms with Crippen LogP contribution < -0.4 is 42.5 Å². The molecule has 0 unspecified atom stereocenters. The molecule has 3 saturated heterocycles. The number of hydrogen-bond donors (Lipinski definition) is 8. The first kappa shape index (κ1) is 91.8. The van der Waals surface area contributed by atoms with Gasteiger partial charge in [-0.2, -0.15) is 0 Å². The van der Waals surface area contributed by atoms with Gasteiger partial charge in [-0.05, 0) is 112 Å². The van der Waals surface area contributed by atoms with Gasteiger partial charge in [0.25, 0.3) is 0 Å². The third-order valence-electron chi connectivity index (χ3n) is 19.8. The van der Waals surface area contributed by atoms with E-state index in [-0.39, 0.29) is 226 Å². The highest BCUT2D eigenvalue weighted by Gasteiger charge is 2.44. The summed E-state index contributed by atoms with van der Waals surface area (Å²) in [6.45, 7) is 26.8. The third-order valence-corrected chi connectivity index (χ3v) is 19.8. The molecule has 0 bridgehead atoms. The highest BCUT2D eigenvalue weighted by molar-refractivity contribution is 5.92. The Balaban J connectivity index is 1.27. The lowest BCUT2D eigenvalue weighted by molar-refractivity contribution is -0.239. The van der Waals surface area contributed by atoms with E-state index in [1.54, 1.807) is 0 Å². The lowest BCUT2D eigenvalue weighted by Gasteiger charge is -2.44. The number of ether oxygens (including phenoxy) is 13. The van der Waals surface area contributed by atoms with E-state index in [0.717, 1.165) is 44.1 Å². The Kier molecular flexibility index (Phi) is 47.3. The standard InChI is InChI=1S/C76H132N8O21/c1-13-63-51(4)54(7)69(80-57(10)85)74(103-63)100-44-41-93-35-38-97-48-66(88)77-31-24-21-29-61(72(91)79-33-23-16-17-26-34-96-47-60-27-19-18-20-28-60)84-73(92)62(83-68(90)50-99-40-37-95-43-46-102-76-71(82-59(12)87)56(9)53(6)65(15-3)105-76)30-22-25-32-78-67(89)49-98-39-36-94-42-45-101-75-70(81-58(11)86)55(8)52(5)64(14-2)104-75/h18-20,27-28,51-56,61-65,69-71,74-76H,13-17,21-26,29-50H2,1-12H3,(H,77,88)(H,78,89)(H,79,91)(H,80,85)(H,81,86)(H,82,87)(H,83,90)(H,84,92)/t51-,52-,53-,54+,55+,56+,61-,62+,63-,64-,65-,69-,70-,71-,74-,75-,76-/m1/s1. The van der Waals surface area contributed by atoms with Crippen LogP contribution in [0.25, 0.3) is 0 Å². The lowest BCUT2D eigenvalue weighted by Crippen LogP contribution is -2.57. The van der Waals surface area contributed by atoms with E-state index in [0.29, 0.717) is 51.9 Å². The number of benzene rings is 1. The number of amides is 8. The first-order valence-electron chi connectivity index (χ1n) is 38.7. The first-order chi connectivity index (χ1) is 50.6. The van der Waals surface area contributed by atoms with Crippen LogP contribution >= 0.6 is 0 Å². The molecule has 17 atom stereocenters. The molecule has 8 amide bonds. The Morgan fingerprint density at radius 3 is 1.12 bits per heavy atom. The topological polar surface area (TPSA) is 353 Å². The van der Waals surface area contributed by atoms with Crippen molar-refractivity contribution in [2.75, 3.05) is 125 Å². The number of unbranched alkanes of at least 4 members (excludes halogenated alkanes) is 5. The minimum Gasteiger partial charge on any atom is -0.377 e. The molecule has 4 rings (SSSR count). The maximum atomic E-state index is 14.4. The predicted octanol–water partition coefficient (Wildman–Crippen LogP) is 5.31. The fourth-order valence-electron chi connectivity index (χ4n) is 13.2. The van der Waals surface area contributed by atoms with Crippen LogP contribution in [0.2, 0.25) is 0 Å². The quantitative estimate of drug-likeness (QED) is 0.0383. The summed E-state index contributed by atoms with van der Waals surface area (Å²) in [4.78, 5) is 103. The van der Waals surface area contributed by atoms with E-state index in [1.807, 2.05) is 30.3 Å². The molecule has 0 radical (unpaired) electrons. The molecular weight excluding hydrogens is 1360 g/mol. The van der Waals surface area contributed by atoms with Gasteiger partial charge in [-0.15, -0.1) is 0 Å². The van der Waals surface area contributed by atoms with Crippen molar-refractivity contribution in [3.8, 4) is 0 Å². The smallest absolute Gasteiger partial charge is 0.246 e. The summed E-state index contributed by atoms with van der Waals surface area (Å²) < 4.78 is 76.5. The molecule has 29 heteroatoms. The van der Waals surface area contributed by atoms with Crippen molar-refractivity contribution >= 4 is 47.3 Å². The largest absolute Gasteiger partial charge is 0.377 e. The molecule has 3 aliphatic heterocycles. The summed E-state index contributed by atoms with van der Waals surface area (Å²) in [5.41, 5.74) is 1.11. The van der Waals surface area contributed by atoms with E-state index >= 15 is 0 Å². The zero-order valence-electron chi connectivity index (χ0n) is 65.1. The van der Waals surface area contributed by atoms with E-state index in [2.05, 4.69) is 105 Å². The average Bonchev–Trinajstić information content (AvgIpc) is 0.823. The summed E-state index contributed by atoms with van der Waals surface area (Å²) in [6, 6.07) is 6.99. The van der Waals surface area contributed by atoms with Crippen LogP contribution in [0, 0.1) is 35.5 Å². The van der Waals surface area contributed by atoms with Crippen LogP contribution in [0.1, 0.15) is 172 Å². The normalized spacial score (nSPS) is 25.1. The second kappa shape index (κ2) is 54.1. The summed E-state index contributed by atoms with van der Waals surface area (Å²) in [7, 11) is 0. The Bertz CT molecular complexity index is 2600. The number of hydrogen-bond acceptors (Lipinski definition) is 21. The molecule has 1 aromatic carbocycles. The van der Waals surface area contributed by atoms with Gasteiger partial charge in [0.05, 0.1) is 122 Å². The van der Waals surface area contributed by atoms with E-state index < -0.39 is 49.4 Å². The molecule has 0 aliphatic carbocycles. The summed E-state index contributed by atoms with van der Waals surface area (Å²) in [5, 5.41) is 23.3. The fraction of sp³-hybridized carbons (Fsp3) is 0.816. The van der Waals surface area contributed by atoms with Crippen molar-refractivity contribution in [1.29, 1.82) is 0 Å². The molecule has 0 saturated carbocycles. The number of carbonyl (C=O) groups excluding carboxylic acids is 8. The molecule has 602 valence electrons. The zero-order chi connectivity index (χ0) is 76.7. The minimum atomic E-state index is -1.09. The number of nitrogens with one attached hydrogen (secondary N) is 8. The Hall–Kier alpha value is -5.54. The van der Waals surface area contributed by atoms with Crippen molar-refractivity contribution in [3.05, 3.63) is 35.9 Å². The zero-order valence-corrected chi connectivity index (χ0v) is 65.1. The molecule has 105 heavy (non-hydrogen) atoms. The number of rotatable bonds is 56.